The van der Waals surface area contributed by atoms with Crippen LogP contribution in [0.2, 0.25) is 0 Å². The smallest absolute Gasteiger partial charge is 0.259 e. The quantitative estimate of drug-likeness (QED) is 0.906. The molecule has 1 fully saturated rings. The molecule has 20 heavy (non-hydrogen) atoms. The van der Waals surface area contributed by atoms with Gasteiger partial charge in [-0.05, 0) is 37.2 Å². The number of hydrogen-bond acceptors (Lipinski definition) is 5. The van der Waals surface area contributed by atoms with Crippen molar-refractivity contribution in [3.05, 3.63) is 24.3 Å². The van der Waals surface area contributed by atoms with Crippen molar-refractivity contribution in [2.24, 2.45) is 5.41 Å². The zero-order valence-electron chi connectivity index (χ0n) is 11.8. The summed E-state index contributed by atoms with van der Waals surface area (Å²) in [5.41, 5.74) is 1.08. The minimum Gasteiger partial charge on any atom is -0.506 e. The fourth-order valence-corrected chi connectivity index (χ4v) is 2.72. The van der Waals surface area contributed by atoms with E-state index in [0.717, 1.165) is 18.7 Å². The molecule has 0 radical (unpaired) electrons. The van der Waals surface area contributed by atoms with Gasteiger partial charge in [0.1, 0.15) is 5.75 Å². The van der Waals surface area contributed by atoms with Gasteiger partial charge in [-0.3, -0.25) is 4.98 Å². The van der Waals surface area contributed by atoms with Gasteiger partial charge in [-0.1, -0.05) is 19.0 Å². The van der Waals surface area contributed by atoms with Crippen molar-refractivity contribution in [2.45, 2.75) is 45.4 Å². The topological polar surface area (TPSA) is 72.0 Å². The summed E-state index contributed by atoms with van der Waals surface area (Å²) in [5, 5.41) is 13.5. The second kappa shape index (κ2) is 4.89. The van der Waals surface area contributed by atoms with E-state index in [1.807, 2.05) is 0 Å². The Morgan fingerprint density at radius 3 is 2.70 bits per heavy atom. The van der Waals surface area contributed by atoms with Crippen LogP contribution >= 0.6 is 0 Å². The van der Waals surface area contributed by atoms with Crippen molar-refractivity contribution in [1.82, 2.24) is 15.1 Å². The van der Waals surface area contributed by atoms with Crippen LogP contribution in [0.5, 0.6) is 5.75 Å². The Balaban J connectivity index is 1.78. The molecule has 5 heteroatoms. The van der Waals surface area contributed by atoms with Gasteiger partial charge < -0.3 is 9.63 Å². The zero-order valence-corrected chi connectivity index (χ0v) is 11.8. The van der Waals surface area contributed by atoms with Crippen LogP contribution in [-0.4, -0.2) is 20.2 Å². The first-order valence-electron chi connectivity index (χ1n) is 7.01. The molecule has 0 saturated heterocycles. The molecule has 0 bridgehead atoms. The first-order valence-corrected chi connectivity index (χ1v) is 7.01. The van der Waals surface area contributed by atoms with Gasteiger partial charge in [-0.2, -0.15) is 4.98 Å². The van der Waals surface area contributed by atoms with Crippen LogP contribution in [0.25, 0.3) is 11.5 Å². The van der Waals surface area contributed by atoms with E-state index >= 15 is 0 Å². The molecule has 3 rings (SSSR count). The monoisotopic (exact) mass is 273 g/mol. The molecule has 0 spiro atoms. The summed E-state index contributed by atoms with van der Waals surface area (Å²) in [7, 11) is 0. The second-order valence-electron chi connectivity index (χ2n) is 6.33. The molecule has 0 amide bonds. The van der Waals surface area contributed by atoms with Gasteiger partial charge >= 0.3 is 0 Å². The van der Waals surface area contributed by atoms with Gasteiger partial charge in [0.25, 0.3) is 5.89 Å². The largest absolute Gasteiger partial charge is 0.506 e. The fourth-order valence-electron chi connectivity index (χ4n) is 2.72. The number of pyridine rings is 1. The van der Waals surface area contributed by atoms with Gasteiger partial charge in [0, 0.05) is 12.1 Å². The lowest BCUT2D eigenvalue weighted by Gasteiger charge is -2.32. The predicted octanol–water partition coefficient (Wildman–Crippen LogP) is 3.52. The van der Waals surface area contributed by atoms with Crippen LogP contribution in [0, 0.1) is 5.41 Å². The average molecular weight is 273 g/mol. The molecule has 0 unspecified atom stereocenters. The van der Waals surface area contributed by atoms with Crippen LogP contribution in [-0.2, 0) is 0 Å². The predicted molar refractivity (Wildman–Crippen MR) is 74.2 cm³/mol. The van der Waals surface area contributed by atoms with E-state index in [4.69, 9.17) is 4.52 Å². The Kier molecular flexibility index (Phi) is 3.20. The first kappa shape index (κ1) is 13.1. The highest BCUT2D eigenvalue weighted by atomic mass is 16.5. The molecule has 0 aromatic carbocycles. The average Bonchev–Trinajstić information content (AvgIpc) is 2.88. The second-order valence-corrected chi connectivity index (χ2v) is 6.33. The molecule has 1 aliphatic rings. The normalized spacial score (nSPS) is 19.1. The van der Waals surface area contributed by atoms with Crippen molar-refractivity contribution in [1.29, 1.82) is 0 Å². The standard InChI is InChI=1S/C15H19N3O2/c1-15(2)5-3-10(4-6-15)13-17-14(20-18-13)11-7-12(19)9-16-8-11/h7-10,19H,3-6H2,1-2H3. The molecular weight excluding hydrogens is 254 g/mol. The Labute approximate surface area is 118 Å². The van der Waals surface area contributed by atoms with Crippen molar-refractivity contribution in [3.63, 3.8) is 0 Å². The van der Waals surface area contributed by atoms with Crippen LogP contribution in [0.1, 0.15) is 51.3 Å². The van der Waals surface area contributed by atoms with Crippen molar-refractivity contribution in [3.8, 4) is 17.2 Å². The summed E-state index contributed by atoms with van der Waals surface area (Å²) in [6.45, 7) is 4.62. The molecule has 2 aromatic heterocycles. The van der Waals surface area contributed by atoms with E-state index in [9.17, 15) is 5.11 Å². The van der Waals surface area contributed by atoms with Gasteiger partial charge in [-0.15, -0.1) is 0 Å². The molecule has 5 nitrogen and oxygen atoms in total. The molecule has 0 aliphatic heterocycles. The third kappa shape index (κ3) is 2.66. The summed E-state index contributed by atoms with van der Waals surface area (Å²) in [4.78, 5) is 8.39. The maximum atomic E-state index is 9.44. The Bertz CT molecular complexity index is 597. The van der Waals surface area contributed by atoms with Crippen molar-refractivity contribution >= 4 is 0 Å². The zero-order chi connectivity index (χ0) is 14.2. The summed E-state index contributed by atoms with van der Waals surface area (Å²) in [6.07, 6.45) is 7.57. The van der Waals surface area contributed by atoms with Gasteiger partial charge in [0.15, 0.2) is 5.82 Å². The first-order chi connectivity index (χ1) is 9.53. The van der Waals surface area contributed by atoms with Crippen LogP contribution < -0.4 is 0 Å². The van der Waals surface area contributed by atoms with E-state index < -0.39 is 0 Å². The van der Waals surface area contributed by atoms with Gasteiger partial charge in [0.2, 0.25) is 0 Å². The molecule has 1 saturated carbocycles. The molecule has 2 aromatic rings. The van der Waals surface area contributed by atoms with E-state index in [0.29, 0.717) is 22.8 Å². The SMILES string of the molecule is CC1(C)CCC(c2noc(-c3cncc(O)c3)n2)CC1. The molecule has 1 N–H and O–H groups in total. The van der Waals surface area contributed by atoms with Crippen molar-refractivity contribution < 1.29 is 9.63 Å². The maximum absolute atomic E-state index is 9.44. The summed E-state index contributed by atoms with van der Waals surface area (Å²) in [6, 6.07) is 1.58. The lowest BCUT2D eigenvalue weighted by molar-refractivity contribution is 0.218. The molecular formula is C15H19N3O2. The van der Waals surface area contributed by atoms with E-state index in [1.165, 1.54) is 19.0 Å². The number of hydrogen-bond donors (Lipinski definition) is 1. The summed E-state index contributed by atoms with van der Waals surface area (Å²) >= 11 is 0. The summed E-state index contributed by atoms with van der Waals surface area (Å²) < 4.78 is 5.30. The third-order valence-corrected chi connectivity index (χ3v) is 4.12. The third-order valence-electron chi connectivity index (χ3n) is 4.12. The van der Waals surface area contributed by atoms with E-state index in [-0.39, 0.29) is 5.75 Å². The highest BCUT2D eigenvalue weighted by molar-refractivity contribution is 5.53. The van der Waals surface area contributed by atoms with E-state index in [2.05, 4.69) is 29.0 Å². The lowest BCUT2D eigenvalue weighted by atomic mass is 9.73. The van der Waals surface area contributed by atoms with Gasteiger partial charge in [0.05, 0.1) is 11.8 Å². The molecule has 106 valence electrons. The number of nitrogens with zero attached hydrogens (tertiary/aromatic N) is 3. The number of rotatable bonds is 2. The Morgan fingerprint density at radius 2 is 2.00 bits per heavy atom. The Morgan fingerprint density at radius 1 is 1.25 bits per heavy atom. The highest BCUT2D eigenvalue weighted by Crippen LogP contribution is 2.41. The van der Waals surface area contributed by atoms with Crippen LogP contribution in [0.15, 0.2) is 23.0 Å². The number of aromatic hydroxyl groups is 1. The highest BCUT2D eigenvalue weighted by Gasteiger charge is 2.30. The minimum absolute atomic E-state index is 0.0988. The van der Waals surface area contributed by atoms with E-state index in [1.54, 1.807) is 12.3 Å². The van der Waals surface area contributed by atoms with Crippen LogP contribution in [0.4, 0.5) is 0 Å². The molecule has 1 aliphatic carbocycles. The summed E-state index contributed by atoms with van der Waals surface area (Å²) in [5.74, 6) is 1.68. The molecule has 2 heterocycles. The minimum atomic E-state index is 0.0988. The van der Waals surface area contributed by atoms with Crippen molar-refractivity contribution in [2.75, 3.05) is 0 Å². The maximum Gasteiger partial charge on any atom is 0.259 e. The number of aromatic nitrogens is 3. The van der Waals surface area contributed by atoms with Crippen LogP contribution in [0.3, 0.4) is 0 Å². The van der Waals surface area contributed by atoms with Gasteiger partial charge in [-0.25, -0.2) is 0 Å². The molecule has 0 atom stereocenters. The lowest BCUT2D eigenvalue weighted by Crippen LogP contribution is -2.20. The Hall–Kier alpha value is -1.91. The fraction of sp³-hybridized carbons (Fsp3) is 0.533.